The summed E-state index contributed by atoms with van der Waals surface area (Å²) in [6.07, 6.45) is 7.77. The maximum Gasteiger partial charge on any atom is 0.230 e. The van der Waals surface area contributed by atoms with Crippen molar-refractivity contribution in [3.63, 3.8) is 0 Å². The Morgan fingerprint density at radius 1 is 1.23 bits per heavy atom. The first-order chi connectivity index (χ1) is 15.0. The van der Waals surface area contributed by atoms with E-state index in [-0.39, 0.29) is 5.91 Å². The van der Waals surface area contributed by atoms with Crippen LogP contribution in [0.15, 0.2) is 35.6 Å². The monoisotopic (exact) mass is 440 g/mol. The summed E-state index contributed by atoms with van der Waals surface area (Å²) in [7, 11) is 5.45. The fourth-order valence-corrected chi connectivity index (χ4v) is 4.68. The lowest BCUT2D eigenvalue weighted by Crippen LogP contribution is -2.37. The zero-order valence-corrected chi connectivity index (χ0v) is 19.0. The van der Waals surface area contributed by atoms with Gasteiger partial charge in [0, 0.05) is 31.9 Å². The topological polar surface area (TPSA) is 86.9 Å². The number of aryl methyl sites for hydroxylation is 1. The molecule has 0 radical (unpaired) electrons. The number of ether oxygens (including phenoxy) is 1. The molecule has 2 heterocycles. The smallest absolute Gasteiger partial charge is 0.230 e. The van der Waals surface area contributed by atoms with Crippen LogP contribution in [0.3, 0.4) is 0 Å². The van der Waals surface area contributed by atoms with Gasteiger partial charge >= 0.3 is 0 Å². The van der Waals surface area contributed by atoms with Gasteiger partial charge in [-0.2, -0.15) is 5.10 Å². The molecule has 0 spiro atoms. The third-order valence-electron chi connectivity index (χ3n) is 5.55. The van der Waals surface area contributed by atoms with E-state index in [1.165, 1.54) is 31.0 Å². The third kappa shape index (κ3) is 4.92. The first kappa shape index (κ1) is 21.4. The van der Waals surface area contributed by atoms with E-state index in [0.29, 0.717) is 22.8 Å². The van der Waals surface area contributed by atoms with Crippen LogP contribution in [0.2, 0.25) is 0 Å². The summed E-state index contributed by atoms with van der Waals surface area (Å²) in [6, 6.07) is 8.11. The molecule has 8 nitrogen and oxygen atoms in total. The fourth-order valence-electron chi connectivity index (χ4n) is 3.96. The Morgan fingerprint density at radius 3 is 2.81 bits per heavy atom. The van der Waals surface area contributed by atoms with Crippen molar-refractivity contribution in [2.24, 2.45) is 14.1 Å². The van der Waals surface area contributed by atoms with Crippen molar-refractivity contribution in [3.05, 3.63) is 30.5 Å². The highest BCUT2D eigenvalue weighted by atomic mass is 32.2. The van der Waals surface area contributed by atoms with Crippen LogP contribution in [0, 0.1) is 0 Å². The summed E-state index contributed by atoms with van der Waals surface area (Å²) in [6.45, 7) is 0. The summed E-state index contributed by atoms with van der Waals surface area (Å²) < 4.78 is 9.04. The van der Waals surface area contributed by atoms with Gasteiger partial charge in [0.2, 0.25) is 5.91 Å². The van der Waals surface area contributed by atoms with E-state index in [1.54, 1.807) is 11.8 Å². The number of benzene rings is 1. The van der Waals surface area contributed by atoms with Crippen LogP contribution in [0.4, 0.5) is 0 Å². The van der Waals surface area contributed by atoms with Crippen LogP contribution in [0.25, 0.3) is 22.6 Å². The standard InChI is InChI=1S/C22H28N6O2S/c1-27-13-18(20(26-27)15-8-7-11-17(12-15)30-3)21-24-25-22(28(21)2)31-14-19(29)23-16-9-5-4-6-10-16/h7-8,11-13,16H,4-6,9-10,14H2,1-3H3,(H,23,29). The average Bonchev–Trinajstić information content (AvgIpc) is 3.35. The number of hydrogen-bond acceptors (Lipinski definition) is 6. The first-order valence-electron chi connectivity index (χ1n) is 10.5. The quantitative estimate of drug-likeness (QED) is 0.567. The second kappa shape index (κ2) is 9.55. The Morgan fingerprint density at radius 2 is 2.03 bits per heavy atom. The molecule has 0 saturated heterocycles. The molecule has 0 atom stereocenters. The fraction of sp³-hybridized carbons (Fsp3) is 0.455. The summed E-state index contributed by atoms with van der Waals surface area (Å²) in [5, 5.41) is 17.2. The summed E-state index contributed by atoms with van der Waals surface area (Å²) in [5.74, 6) is 1.87. The lowest BCUT2D eigenvalue weighted by molar-refractivity contribution is -0.119. The molecule has 0 bridgehead atoms. The lowest BCUT2D eigenvalue weighted by Gasteiger charge is -2.22. The number of methoxy groups -OCH3 is 1. The number of thioether (sulfide) groups is 1. The summed E-state index contributed by atoms with van der Waals surface area (Å²) >= 11 is 1.40. The Hall–Kier alpha value is -2.81. The largest absolute Gasteiger partial charge is 0.497 e. The highest BCUT2D eigenvalue weighted by Crippen LogP contribution is 2.32. The number of amides is 1. The van der Waals surface area contributed by atoms with E-state index in [0.717, 1.165) is 35.4 Å². The van der Waals surface area contributed by atoms with Crippen LogP contribution in [-0.2, 0) is 18.9 Å². The number of carbonyl (C=O) groups is 1. The maximum atomic E-state index is 12.4. The van der Waals surface area contributed by atoms with Gasteiger partial charge < -0.3 is 14.6 Å². The van der Waals surface area contributed by atoms with E-state index in [2.05, 4.69) is 20.6 Å². The molecule has 1 aliphatic rings. The highest BCUT2D eigenvalue weighted by Gasteiger charge is 2.20. The van der Waals surface area contributed by atoms with Crippen LogP contribution < -0.4 is 10.1 Å². The zero-order chi connectivity index (χ0) is 21.8. The zero-order valence-electron chi connectivity index (χ0n) is 18.2. The number of hydrogen-bond donors (Lipinski definition) is 1. The predicted molar refractivity (Wildman–Crippen MR) is 121 cm³/mol. The van der Waals surface area contributed by atoms with Crippen molar-refractivity contribution in [2.45, 2.75) is 43.3 Å². The molecule has 1 aromatic carbocycles. The van der Waals surface area contributed by atoms with E-state index in [4.69, 9.17) is 4.74 Å². The number of nitrogens with zero attached hydrogens (tertiary/aromatic N) is 5. The second-order valence-corrected chi connectivity index (χ2v) is 8.80. The number of carbonyl (C=O) groups excluding carboxylic acids is 1. The Bertz CT molecular complexity index is 1050. The third-order valence-corrected chi connectivity index (χ3v) is 6.57. The van der Waals surface area contributed by atoms with Crippen molar-refractivity contribution in [1.82, 2.24) is 29.9 Å². The van der Waals surface area contributed by atoms with Crippen molar-refractivity contribution in [2.75, 3.05) is 12.9 Å². The summed E-state index contributed by atoms with van der Waals surface area (Å²) in [5.41, 5.74) is 2.63. The van der Waals surface area contributed by atoms with Crippen LogP contribution in [-0.4, -0.2) is 49.4 Å². The molecule has 4 rings (SSSR count). The van der Waals surface area contributed by atoms with Gasteiger partial charge in [-0.25, -0.2) is 0 Å². The van der Waals surface area contributed by atoms with Crippen molar-refractivity contribution in [3.8, 4) is 28.4 Å². The van der Waals surface area contributed by atoms with Gasteiger partial charge in [-0.3, -0.25) is 9.48 Å². The van der Waals surface area contributed by atoms with Gasteiger partial charge in [0.15, 0.2) is 11.0 Å². The maximum absolute atomic E-state index is 12.4. The van der Waals surface area contributed by atoms with Gasteiger partial charge in [0.05, 0.1) is 18.4 Å². The number of aromatic nitrogens is 5. The van der Waals surface area contributed by atoms with Crippen molar-refractivity contribution >= 4 is 17.7 Å². The van der Waals surface area contributed by atoms with Gasteiger partial charge in [-0.1, -0.05) is 43.2 Å². The molecular formula is C22H28N6O2S. The molecule has 1 aliphatic carbocycles. The first-order valence-corrected chi connectivity index (χ1v) is 11.5. The number of nitrogens with one attached hydrogen (secondary N) is 1. The predicted octanol–water partition coefficient (Wildman–Crippen LogP) is 3.43. The lowest BCUT2D eigenvalue weighted by atomic mass is 9.95. The van der Waals surface area contributed by atoms with Crippen molar-refractivity contribution in [1.29, 1.82) is 0 Å². The summed E-state index contributed by atoms with van der Waals surface area (Å²) in [4.78, 5) is 12.4. The SMILES string of the molecule is COc1cccc(-c2nn(C)cc2-c2nnc(SCC(=O)NC3CCCCC3)n2C)c1. The van der Waals surface area contributed by atoms with Crippen LogP contribution in [0.5, 0.6) is 5.75 Å². The molecule has 2 aromatic heterocycles. The van der Waals surface area contributed by atoms with E-state index < -0.39 is 0 Å². The van der Waals surface area contributed by atoms with Gasteiger partial charge in [-0.05, 0) is 25.0 Å². The molecular weight excluding hydrogens is 412 g/mol. The molecule has 164 valence electrons. The minimum atomic E-state index is 0.0555. The molecule has 3 aromatic rings. The second-order valence-electron chi connectivity index (χ2n) is 7.85. The van der Waals surface area contributed by atoms with Crippen molar-refractivity contribution < 1.29 is 9.53 Å². The molecule has 1 fully saturated rings. The van der Waals surface area contributed by atoms with Gasteiger partial charge in [0.1, 0.15) is 11.4 Å². The Balaban J connectivity index is 1.50. The van der Waals surface area contributed by atoms with Crippen LogP contribution in [0.1, 0.15) is 32.1 Å². The van der Waals surface area contributed by atoms with Gasteiger partial charge in [-0.15, -0.1) is 10.2 Å². The molecule has 1 N–H and O–H groups in total. The molecule has 1 saturated carbocycles. The minimum absolute atomic E-state index is 0.0555. The van der Waals surface area contributed by atoms with E-state index in [9.17, 15) is 4.79 Å². The van der Waals surface area contributed by atoms with Crippen LogP contribution >= 0.6 is 11.8 Å². The number of rotatable bonds is 7. The molecule has 0 unspecified atom stereocenters. The Labute approximate surface area is 186 Å². The normalized spacial score (nSPS) is 14.5. The highest BCUT2D eigenvalue weighted by molar-refractivity contribution is 7.99. The molecule has 0 aliphatic heterocycles. The van der Waals surface area contributed by atoms with E-state index in [1.807, 2.05) is 49.1 Å². The van der Waals surface area contributed by atoms with E-state index >= 15 is 0 Å². The minimum Gasteiger partial charge on any atom is -0.497 e. The molecule has 1 amide bonds. The average molecular weight is 441 g/mol. The Kier molecular flexibility index (Phi) is 6.60. The van der Waals surface area contributed by atoms with Gasteiger partial charge in [0.25, 0.3) is 0 Å². The molecule has 9 heteroatoms. The molecule has 31 heavy (non-hydrogen) atoms.